The maximum Gasteiger partial charge on any atom is 0.409 e. The number of halogens is 1. The minimum atomic E-state index is -0.247. The molecule has 28 heavy (non-hydrogen) atoms. The molecular formula is C20H19ClN4O2S. The number of amides is 1. The minimum absolute atomic E-state index is 0.247. The van der Waals surface area contributed by atoms with E-state index in [4.69, 9.17) is 16.3 Å². The zero-order chi connectivity index (χ0) is 19.5. The van der Waals surface area contributed by atoms with Crippen LogP contribution in [0.4, 0.5) is 4.79 Å². The van der Waals surface area contributed by atoms with Gasteiger partial charge in [0.2, 0.25) is 0 Å². The van der Waals surface area contributed by atoms with Crippen molar-refractivity contribution < 1.29 is 9.53 Å². The van der Waals surface area contributed by atoms with Gasteiger partial charge in [-0.1, -0.05) is 41.6 Å². The van der Waals surface area contributed by atoms with Gasteiger partial charge in [0.1, 0.15) is 6.61 Å². The van der Waals surface area contributed by atoms with Gasteiger partial charge in [0, 0.05) is 22.9 Å². The van der Waals surface area contributed by atoms with E-state index < -0.39 is 0 Å². The van der Waals surface area contributed by atoms with Crippen LogP contribution >= 0.6 is 23.4 Å². The largest absolute Gasteiger partial charge is 0.448 e. The first-order chi connectivity index (χ1) is 13.6. The highest BCUT2D eigenvalue weighted by Gasteiger charge is 2.22. The van der Waals surface area contributed by atoms with E-state index in [0.29, 0.717) is 30.5 Å². The number of para-hydroxylation sites is 1. The lowest BCUT2D eigenvalue weighted by Crippen LogP contribution is -2.26. The number of aryl methyl sites for hydroxylation is 1. The second kappa shape index (κ2) is 8.24. The Morgan fingerprint density at radius 1 is 1.14 bits per heavy atom. The standard InChI is InChI=1S/C20H19ClN4O2S/c1-14-4-2-3-5-17(14)25-18(15-6-8-16(21)9-7-15)22-23-19(25)28-13-11-24-10-12-27-20(24)26/h2-9H,10-13H2,1H3. The molecular weight excluding hydrogens is 396 g/mol. The van der Waals surface area contributed by atoms with Gasteiger partial charge < -0.3 is 9.64 Å². The van der Waals surface area contributed by atoms with Crippen LogP contribution in [0.1, 0.15) is 5.56 Å². The van der Waals surface area contributed by atoms with Crippen molar-refractivity contribution in [3.05, 3.63) is 59.1 Å². The van der Waals surface area contributed by atoms with Crippen LogP contribution in [0.25, 0.3) is 17.1 Å². The summed E-state index contributed by atoms with van der Waals surface area (Å²) in [6, 6.07) is 15.7. The second-order valence-electron chi connectivity index (χ2n) is 6.38. The highest BCUT2D eigenvalue weighted by atomic mass is 35.5. The topological polar surface area (TPSA) is 60.2 Å². The lowest BCUT2D eigenvalue weighted by Gasteiger charge is -2.14. The van der Waals surface area contributed by atoms with Crippen molar-refractivity contribution in [3.63, 3.8) is 0 Å². The van der Waals surface area contributed by atoms with E-state index in [-0.39, 0.29) is 6.09 Å². The summed E-state index contributed by atoms with van der Waals surface area (Å²) >= 11 is 7.61. The van der Waals surface area contributed by atoms with Gasteiger partial charge in [0.15, 0.2) is 11.0 Å². The maximum atomic E-state index is 11.6. The fourth-order valence-electron chi connectivity index (χ4n) is 3.06. The molecule has 3 aromatic rings. The summed E-state index contributed by atoms with van der Waals surface area (Å²) in [5.74, 6) is 1.47. The minimum Gasteiger partial charge on any atom is -0.448 e. The van der Waals surface area contributed by atoms with E-state index in [1.165, 1.54) is 0 Å². The Morgan fingerprint density at radius 3 is 2.64 bits per heavy atom. The molecule has 1 fully saturated rings. The SMILES string of the molecule is Cc1ccccc1-n1c(SCCN2CCOC2=O)nnc1-c1ccc(Cl)cc1. The number of nitrogens with zero attached hydrogens (tertiary/aromatic N) is 4. The van der Waals surface area contributed by atoms with Gasteiger partial charge in [-0.2, -0.15) is 0 Å². The fourth-order valence-corrected chi connectivity index (χ4v) is 4.09. The molecule has 1 saturated heterocycles. The smallest absolute Gasteiger partial charge is 0.409 e. The van der Waals surface area contributed by atoms with Crippen molar-refractivity contribution in [1.29, 1.82) is 0 Å². The monoisotopic (exact) mass is 414 g/mol. The maximum absolute atomic E-state index is 11.6. The summed E-state index contributed by atoms with van der Waals surface area (Å²) in [6.07, 6.45) is -0.247. The van der Waals surface area contributed by atoms with Gasteiger partial charge in [-0.05, 0) is 42.8 Å². The van der Waals surface area contributed by atoms with Crippen molar-refractivity contribution in [2.24, 2.45) is 0 Å². The van der Waals surface area contributed by atoms with Gasteiger partial charge in [-0.15, -0.1) is 10.2 Å². The Balaban J connectivity index is 1.65. The predicted molar refractivity (Wildman–Crippen MR) is 110 cm³/mol. The van der Waals surface area contributed by atoms with E-state index in [1.54, 1.807) is 16.7 Å². The molecule has 8 heteroatoms. The first kappa shape index (κ1) is 18.8. The number of thioether (sulfide) groups is 1. The van der Waals surface area contributed by atoms with Crippen molar-refractivity contribution in [1.82, 2.24) is 19.7 Å². The van der Waals surface area contributed by atoms with Crippen LogP contribution in [0.5, 0.6) is 0 Å². The van der Waals surface area contributed by atoms with E-state index in [9.17, 15) is 4.79 Å². The normalized spacial score (nSPS) is 13.8. The molecule has 2 aromatic carbocycles. The molecule has 0 N–H and O–H groups in total. The summed E-state index contributed by atoms with van der Waals surface area (Å²) < 4.78 is 7.04. The molecule has 0 atom stereocenters. The van der Waals surface area contributed by atoms with Crippen molar-refractivity contribution in [2.75, 3.05) is 25.4 Å². The Morgan fingerprint density at radius 2 is 1.93 bits per heavy atom. The molecule has 4 rings (SSSR count). The van der Waals surface area contributed by atoms with Crippen LogP contribution < -0.4 is 0 Å². The molecule has 144 valence electrons. The Labute approximate surface area is 172 Å². The number of rotatable bonds is 6. The molecule has 1 aromatic heterocycles. The number of carbonyl (C=O) groups excluding carboxylic acids is 1. The lowest BCUT2D eigenvalue weighted by molar-refractivity contribution is 0.160. The molecule has 0 unspecified atom stereocenters. The summed E-state index contributed by atoms with van der Waals surface area (Å²) in [7, 11) is 0. The number of hydrogen-bond acceptors (Lipinski definition) is 5. The average molecular weight is 415 g/mol. The number of hydrogen-bond donors (Lipinski definition) is 0. The van der Waals surface area contributed by atoms with Crippen LogP contribution in [-0.2, 0) is 4.74 Å². The van der Waals surface area contributed by atoms with Gasteiger partial charge in [0.25, 0.3) is 0 Å². The molecule has 0 aliphatic carbocycles. The van der Waals surface area contributed by atoms with Crippen LogP contribution in [0.2, 0.25) is 5.02 Å². The Hall–Kier alpha value is -2.51. The highest BCUT2D eigenvalue weighted by molar-refractivity contribution is 7.99. The number of benzene rings is 2. The molecule has 2 heterocycles. The van der Waals surface area contributed by atoms with Crippen LogP contribution in [0.3, 0.4) is 0 Å². The third-order valence-electron chi connectivity index (χ3n) is 4.53. The molecule has 0 radical (unpaired) electrons. The molecule has 1 amide bonds. The van der Waals surface area contributed by atoms with E-state index in [1.807, 2.05) is 36.4 Å². The zero-order valence-electron chi connectivity index (χ0n) is 15.3. The zero-order valence-corrected chi connectivity index (χ0v) is 16.9. The molecule has 0 saturated carbocycles. The first-order valence-electron chi connectivity index (χ1n) is 8.95. The van der Waals surface area contributed by atoms with Crippen LogP contribution in [0, 0.1) is 6.92 Å². The molecule has 0 bridgehead atoms. The lowest BCUT2D eigenvalue weighted by atomic mass is 10.1. The molecule has 1 aliphatic heterocycles. The Kier molecular flexibility index (Phi) is 5.54. The number of aromatic nitrogens is 3. The summed E-state index contributed by atoms with van der Waals surface area (Å²) in [6.45, 7) is 3.78. The molecule has 0 spiro atoms. The Bertz CT molecular complexity index is 990. The molecule has 6 nitrogen and oxygen atoms in total. The van der Waals surface area contributed by atoms with Crippen LogP contribution in [-0.4, -0.2) is 51.2 Å². The van der Waals surface area contributed by atoms with Gasteiger partial charge in [-0.3, -0.25) is 4.57 Å². The summed E-state index contributed by atoms with van der Waals surface area (Å²) in [4.78, 5) is 13.3. The van der Waals surface area contributed by atoms with Crippen LogP contribution in [0.15, 0.2) is 53.7 Å². The average Bonchev–Trinajstić information content (AvgIpc) is 3.29. The fraction of sp³-hybridized carbons (Fsp3) is 0.250. The first-order valence-corrected chi connectivity index (χ1v) is 10.3. The van der Waals surface area contributed by atoms with E-state index >= 15 is 0 Å². The van der Waals surface area contributed by atoms with Gasteiger partial charge in [0.05, 0.1) is 12.2 Å². The number of carbonyl (C=O) groups is 1. The highest BCUT2D eigenvalue weighted by Crippen LogP contribution is 2.30. The summed E-state index contributed by atoms with van der Waals surface area (Å²) in [5.41, 5.74) is 3.10. The van der Waals surface area contributed by atoms with Crippen molar-refractivity contribution in [3.8, 4) is 17.1 Å². The van der Waals surface area contributed by atoms with E-state index in [0.717, 1.165) is 27.8 Å². The quantitative estimate of drug-likeness (QED) is 0.558. The summed E-state index contributed by atoms with van der Waals surface area (Å²) in [5, 5.41) is 10.3. The second-order valence-corrected chi connectivity index (χ2v) is 7.88. The van der Waals surface area contributed by atoms with Crippen molar-refractivity contribution >= 4 is 29.5 Å². The van der Waals surface area contributed by atoms with Crippen molar-refractivity contribution in [2.45, 2.75) is 12.1 Å². The molecule has 1 aliphatic rings. The van der Waals surface area contributed by atoms with Gasteiger partial charge >= 0.3 is 6.09 Å². The third kappa shape index (κ3) is 3.86. The number of cyclic esters (lactones) is 1. The van der Waals surface area contributed by atoms with Gasteiger partial charge in [-0.25, -0.2) is 4.79 Å². The predicted octanol–water partition coefficient (Wildman–Crippen LogP) is 4.44. The number of ether oxygens (including phenoxy) is 1. The third-order valence-corrected chi connectivity index (χ3v) is 5.69. The van der Waals surface area contributed by atoms with E-state index in [2.05, 4.69) is 33.8 Å².